The van der Waals surface area contributed by atoms with Crippen molar-refractivity contribution in [3.63, 3.8) is 0 Å². The number of rotatable bonds is 11. The van der Waals surface area contributed by atoms with E-state index in [0.717, 1.165) is 18.8 Å². The molecule has 8 nitrogen and oxygen atoms in total. The zero-order valence-electron chi connectivity index (χ0n) is 21.4. The van der Waals surface area contributed by atoms with Crippen molar-refractivity contribution in [3.05, 3.63) is 36.9 Å². The van der Waals surface area contributed by atoms with Crippen LogP contribution in [0.25, 0.3) is 0 Å². The van der Waals surface area contributed by atoms with Gasteiger partial charge < -0.3 is 24.9 Å². The maximum Gasteiger partial charge on any atom is 0.308 e. The summed E-state index contributed by atoms with van der Waals surface area (Å²) in [4.78, 5) is 45.8. The Labute approximate surface area is 217 Å². The Kier molecular flexibility index (Phi) is 7.44. The smallest absolute Gasteiger partial charge is 0.308 e. The van der Waals surface area contributed by atoms with Crippen LogP contribution in [0.5, 0.6) is 0 Å². The summed E-state index contributed by atoms with van der Waals surface area (Å²) in [6.07, 6.45) is 3.26. The lowest BCUT2D eigenvalue weighted by Crippen LogP contribution is -2.55. The summed E-state index contributed by atoms with van der Waals surface area (Å²) in [5, 5.41) is 19.6. The van der Waals surface area contributed by atoms with Crippen molar-refractivity contribution in [3.8, 4) is 0 Å². The average molecular weight is 516 g/mol. The molecule has 2 amide bonds. The highest BCUT2D eigenvalue weighted by molar-refractivity contribution is 8.02. The van der Waals surface area contributed by atoms with Gasteiger partial charge in [-0.15, -0.1) is 18.3 Å². The van der Waals surface area contributed by atoms with E-state index in [2.05, 4.69) is 25.3 Å². The van der Waals surface area contributed by atoms with E-state index in [-0.39, 0.29) is 31.5 Å². The molecular weight excluding hydrogens is 478 g/mol. The molecule has 1 spiro atoms. The first kappa shape index (κ1) is 26.5. The maximum absolute atomic E-state index is 14.3. The zero-order chi connectivity index (χ0) is 26.3. The molecular formula is C27H37N3O5S. The van der Waals surface area contributed by atoms with Crippen LogP contribution < -0.4 is 9.80 Å². The Bertz CT molecular complexity index is 1030. The summed E-state index contributed by atoms with van der Waals surface area (Å²) >= 11 is 1.52. The Morgan fingerprint density at radius 3 is 2.39 bits per heavy atom. The molecule has 4 rings (SSSR count). The molecule has 3 saturated heterocycles. The van der Waals surface area contributed by atoms with Crippen molar-refractivity contribution in [1.29, 1.82) is 0 Å². The molecule has 1 aromatic rings. The largest absolute Gasteiger partial charge is 0.481 e. The lowest BCUT2D eigenvalue weighted by molar-refractivity contribution is -0.150. The molecule has 9 heteroatoms. The van der Waals surface area contributed by atoms with Gasteiger partial charge in [0.05, 0.1) is 16.6 Å². The maximum atomic E-state index is 14.3. The molecule has 0 aliphatic carbocycles. The molecule has 2 N–H and O–H groups in total. The summed E-state index contributed by atoms with van der Waals surface area (Å²) in [7, 11) is 0. The van der Waals surface area contributed by atoms with E-state index < -0.39 is 33.3 Å². The Morgan fingerprint density at radius 2 is 1.83 bits per heavy atom. The number of hydrogen-bond donors (Lipinski definition) is 2. The minimum atomic E-state index is -0.977. The van der Waals surface area contributed by atoms with Gasteiger partial charge in [0.2, 0.25) is 5.91 Å². The molecule has 3 heterocycles. The number of carbonyl (C=O) groups excluding carboxylic acids is 2. The van der Waals surface area contributed by atoms with Crippen molar-refractivity contribution < 1.29 is 24.6 Å². The van der Waals surface area contributed by atoms with Gasteiger partial charge in [-0.1, -0.05) is 6.08 Å². The quantitative estimate of drug-likeness (QED) is 0.437. The second-order valence-corrected chi connectivity index (χ2v) is 12.0. The van der Waals surface area contributed by atoms with E-state index in [4.69, 9.17) is 0 Å². The lowest BCUT2D eigenvalue weighted by atomic mass is 9.66. The van der Waals surface area contributed by atoms with E-state index in [0.29, 0.717) is 24.9 Å². The van der Waals surface area contributed by atoms with E-state index in [1.807, 2.05) is 31.2 Å². The van der Waals surface area contributed by atoms with Crippen LogP contribution in [0, 0.1) is 11.8 Å². The highest BCUT2D eigenvalue weighted by Crippen LogP contribution is 2.71. The monoisotopic (exact) mass is 515 g/mol. The molecule has 3 fully saturated rings. The van der Waals surface area contributed by atoms with Gasteiger partial charge in [-0.25, -0.2) is 0 Å². The third-order valence-corrected chi connectivity index (χ3v) is 10.2. The first-order valence-corrected chi connectivity index (χ1v) is 13.6. The van der Waals surface area contributed by atoms with Gasteiger partial charge in [0.1, 0.15) is 6.04 Å². The van der Waals surface area contributed by atoms with Crippen LogP contribution in [0.3, 0.4) is 0 Å². The van der Waals surface area contributed by atoms with Crippen LogP contribution in [0.1, 0.15) is 40.0 Å². The normalized spacial score (nSPS) is 30.4. The minimum absolute atomic E-state index is 0.112. The van der Waals surface area contributed by atoms with Crippen LogP contribution in [0.15, 0.2) is 36.9 Å². The number of benzene rings is 1. The molecule has 3 aliphatic rings. The van der Waals surface area contributed by atoms with Crippen molar-refractivity contribution in [2.75, 3.05) is 42.6 Å². The first-order chi connectivity index (χ1) is 17.2. The highest BCUT2D eigenvalue weighted by atomic mass is 32.2. The van der Waals surface area contributed by atoms with Gasteiger partial charge in [0.25, 0.3) is 5.91 Å². The standard InChI is InChI=1S/C27H37N3O5S/c1-5-15-29(19-11-9-18(10-12-19)28(6-2)7-3)24(33)22-27-14-13-26(4,36-27)21(25(34)35)20(27)23(32)30(22)16-8-17-31/h5,9-12,20-22,31H,1,6-8,13-17H2,2-4H3,(H,34,35)/t20-,21-,22?,26+,27?/m0/s1. The number of amides is 2. The van der Waals surface area contributed by atoms with Gasteiger partial charge in [-0.2, -0.15) is 0 Å². The van der Waals surface area contributed by atoms with Gasteiger partial charge in [0.15, 0.2) is 0 Å². The topological polar surface area (TPSA) is 101 Å². The fraction of sp³-hybridized carbons (Fsp3) is 0.593. The minimum Gasteiger partial charge on any atom is -0.481 e. The summed E-state index contributed by atoms with van der Waals surface area (Å²) in [6.45, 7) is 12.1. The number of thioether (sulfide) groups is 1. The van der Waals surface area contributed by atoms with E-state index in [1.165, 1.54) is 11.8 Å². The molecule has 3 aliphatic heterocycles. The van der Waals surface area contributed by atoms with Crippen LogP contribution in [0.2, 0.25) is 0 Å². The summed E-state index contributed by atoms with van der Waals surface area (Å²) in [5.74, 6) is -3.06. The van der Waals surface area contributed by atoms with E-state index in [1.54, 1.807) is 15.9 Å². The molecule has 36 heavy (non-hydrogen) atoms. The molecule has 0 saturated carbocycles. The van der Waals surface area contributed by atoms with Crippen molar-refractivity contribution in [2.24, 2.45) is 11.8 Å². The fourth-order valence-electron chi connectivity index (χ4n) is 6.59. The number of carboxylic acid groups (broad SMARTS) is 1. The highest BCUT2D eigenvalue weighted by Gasteiger charge is 2.77. The second-order valence-electron chi connectivity index (χ2n) is 10.1. The van der Waals surface area contributed by atoms with E-state index in [9.17, 15) is 24.6 Å². The molecule has 2 bridgehead atoms. The van der Waals surface area contributed by atoms with E-state index >= 15 is 0 Å². The van der Waals surface area contributed by atoms with Gasteiger partial charge in [-0.05, 0) is 64.3 Å². The molecule has 196 valence electrons. The van der Waals surface area contributed by atoms with Crippen LogP contribution in [-0.2, 0) is 14.4 Å². The summed E-state index contributed by atoms with van der Waals surface area (Å²) in [6, 6.07) is 7.03. The number of hydrogen-bond acceptors (Lipinski definition) is 6. The number of fused-ring (bicyclic) bond motifs is 1. The number of likely N-dealkylation sites (tertiary alicyclic amines) is 1. The predicted octanol–water partition coefficient (Wildman–Crippen LogP) is 3.00. The fourth-order valence-corrected chi connectivity index (χ4v) is 8.94. The second kappa shape index (κ2) is 10.1. The van der Waals surface area contributed by atoms with Crippen LogP contribution in [0.4, 0.5) is 11.4 Å². The van der Waals surface area contributed by atoms with Gasteiger partial charge in [-0.3, -0.25) is 14.4 Å². The lowest BCUT2D eigenvalue weighted by Gasteiger charge is -2.37. The Hall–Kier alpha value is -2.52. The number of aliphatic carboxylic acids is 1. The third-order valence-electron chi connectivity index (χ3n) is 8.20. The number of aliphatic hydroxyl groups excluding tert-OH is 1. The number of nitrogens with zero attached hydrogens (tertiary/aromatic N) is 3. The summed E-state index contributed by atoms with van der Waals surface area (Å²) < 4.78 is -1.37. The first-order valence-electron chi connectivity index (χ1n) is 12.8. The number of aliphatic hydroxyl groups is 1. The molecule has 1 aromatic carbocycles. The van der Waals surface area contributed by atoms with Crippen LogP contribution >= 0.6 is 11.8 Å². The van der Waals surface area contributed by atoms with Gasteiger partial charge in [0, 0.05) is 48.9 Å². The van der Waals surface area contributed by atoms with Crippen molar-refractivity contribution in [1.82, 2.24) is 4.90 Å². The summed E-state index contributed by atoms with van der Waals surface area (Å²) in [5.41, 5.74) is 1.78. The van der Waals surface area contributed by atoms with Gasteiger partial charge >= 0.3 is 5.97 Å². The van der Waals surface area contributed by atoms with Crippen molar-refractivity contribution >= 4 is 40.9 Å². The Morgan fingerprint density at radius 1 is 1.19 bits per heavy atom. The van der Waals surface area contributed by atoms with Crippen LogP contribution in [-0.4, -0.2) is 81.2 Å². The molecule has 5 atom stereocenters. The number of anilines is 2. The predicted molar refractivity (Wildman–Crippen MR) is 142 cm³/mol. The molecule has 2 unspecified atom stereocenters. The average Bonchev–Trinajstić information content (AvgIpc) is 3.42. The number of carboxylic acids is 1. The molecule has 0 aromatic heterocycles. The molecule has 0 radical (unpaired) electrons. The van der Waals surface area contributed by atoms with Crippen molar-refractivity contribution in [2.45, 2.75) is 55.6 Å². The Balaban J connectivity index is 1.74. The zero-order valence-corrected chi connectivity index (χ0v) is 22.2. The SMILES string of the molecule is C=CCN(C(=O)C1N(CCCO)C(=O)[C@@H]2[C@@H](C(=O)O)[C@@]3(C)CCC12S3)c1ccc(N(CC)CC)cc1. The number of carbonyl (C=O) groups is 3. The third kappa shape index (κ3) is 4.00.